The molecule has 2 aliphatic heterocycles. The average Bonchev–Trinajstić information content (AvgIpc) is 2.04. The molecule has 0 spiro atoms. The number of rotatable bonds is 0. The summed E-state index contributed by atoms with van der Waals surface area (Å²) in [5, 5.41) is 14.5. The number of hydrogen-bond donors (Lipinski definition) is 1. The summed E-state index contributed by atoms with van der Waals surface area (Å²) in [7, 11) is 0. The minimum absolute atomic E-state index is 0. The van der Waals surface area contributed by atoms with Crippen LogP contribution in [0.25, 0.3) is 0 Å². The van der Waals surface area contributed by atoms with E-state index in [2.05, 4.69) is 111 Å². The van der Waals surface area contributed by atoms with Gasteiger partial charge in [0.2, 0.25) is 6.39 Å². The third-order valence-electron chi connectivity index (χ3n) is 6.15. The van der Waals surface area contributed by atoms with Gasteiger partial charge in [-0.3, -0.25) is 24.7 Å². The minimum atomic E-state index is 0. The van der Waals surface area contributed by atoms with E-state index >= 15 is 0 Å². The first kappa shape index (κ1) is 183. The summed E-state index contributed by atoms with van der Waals surface area (Å²) in [5.74, 6) is 0. The first-order valence-corrected chi connectivity index (χ1v) is 38.7. The van der Waals surface area contributed by atoms with E-state index in [-0.39, 0.29) is 151 Å². The number of halogens is 2. The molecule has 0 saturated carbocycles. The predicted octanol–water partition coefficient (Wildman–Crippen LogP) is 30.1. The van der Waals surface area contributed by atoms with Crippen LogP contribution < -0.4 is 57.5 Å². The number of benzene rings is 1. The molecular formula is C86H176BFIKN15O4S4. The van der Waals surface area contributed by atoms with Crippen LogP contribution in [0.3, 0.4) is 0 Å². The van der Waals surface area contributed by atoms with Crippen LogP contribution in [0.2, 0.25) is 0 Å². The summed E-state index contributed by atoms with van der Waals surface area (Å²) >= 11 is 6.13. The molecule has 14 rings (SSSR count). The second-order valence-electron chi connectivity index (χ2n) is 11.4. The maximum Gasteiger partial charge on any atom is 1.00 e. The molecule has 10 aromatic heterocycles. The number of hydrogen-bond acceptors (Lipinski definition) is 23. The number of nitrogens with zero attached hydrogens (tertiary/aromatic N) is 14. The largest absolute Gasteiger partial charge is 1.00 e. The molecule has 661 valence electrons. The molecule has 3 N–H and O–H groups in total. The van der Waals surface area contributed by atoms with Gasteiger partial charge in [-0.1, -0.05) is 341 Å². The number of pyridine rings is 1. The van der Waals surface area contributed by atoms with E-state index in [0.29, 0.717) is 0 Å². The number of thiazole rings is 1. The zero-order valence-corrected chi connectivity index (χ0v) is 79.2. The number of allylic oxidation sites excluding steroid dienone is 5. The molecule has 0 unspecified atom stereocenters. The zero-order chi connectivity index (χ0) is 79.6. The van der Waals surface area contributed by atoms with E-state index in [9.17, 15) is 0 Å². The summed E-state index contributed by atoms with van der Waals surface area (Å²) in [6, 6.07) is 30.8. The molecular weight excluding hydrogens is 1630 g/mol. The normalized spacial score (nSPS) is 7.19. The molecule has 1 aromatic carbocycles. The Balaban J connectivity index is -0.0000000252. The van der Waals surface area contributed by atoms with Crippen molar-refractivity contribution in [2.24, 2.45) is 15.0 Å². The first-order valence-electron chi connectivity index (χ1n) is 35.2. The minimum Gasteiger partial charge on any atom is -1.00 e. The van der Waals surface area contributed by atoms with Crippen molar-refractivity contribution < 1.29 is 78.2 Å². The van der Waals surface area contributed by atoms with E-state index < -0.39 is 0 Å². The molecule has 0 amide bonds. The molecule has 12 heterocycles. The topological polar surface area (TPSA) is 266 Å². The van der Waals surface area contributed by atoms with Crippen LogP contribution in [0.15, 0.2) is 305 Å². The first-order chi connectivity index (χ1) is 50.5. The van der Waals surface area contributed by atoms with Gasteiger partial charge in [-0.05, 0) is 82.7 Å². The monoisotopic (exact) mass is 1810 g/mol. The second-order valence-corrected chi connectivity index (χ2v) is 14.3. The molecule has 3 aliphatic rings. The maximum atomic E-state index is 4.58. The van der Waals surface area contributed by atoms with Crippen molar-refractivity contribution in [1.82, 2.24) is 60.1 Å². The van der Waals surface area contributed by atoms with Gasteiger partial charge in [-0.25, -0.2) is 34.3 Å². The fourth-order valence-electron chi connectivity index (χ4n) is 3.31. The molecule has 0 fully saturated rings. The van der Waals surface area contributed by atoms with Crippen LogP contribution in [-0.4, -0.2) is 87.7 Å². The Morgan fingerprint density at radius 1 is 0.345 bits per heavy atom. The number of aromatic nitrogens is 11. The Hall–Kier alpha value is -6.64. The quantitative estimate of drug-likeness (QED) is 0.109. The number of oxazole rings is 1. The van der Waals surface area contributed by atoms with Gasteiger partial charge in [0, 0.05) is 84.3 Å². The van der Waals surface area contributed by atoms with Crippen molar-refractivity contribution in [2.45, 2.75) is 259 Å². The van der Waals surface area contributed by atoms with Gasteiger partial charge >= 0.3 is 51.4 Å². The Bertz CT molecular complexity index is 1970. The predicted molar refractivity (Wildman–Crippen MR) is 534 cm³/mol. The summed E-state index contributed by atoms with van der Waals surface area (Å²) in [5.41, 5.74) is 3.47. The van der Waals surface area contributed by atoms with Crippen molar-refractivity contribution in [1.29, 1.82) is 0 Å². The summed E-state index contributed by atoms with van der Waals surface area (Å²) in [6.45, 7) is 56.8. The molecule has 27 heteroatoms. The van der Waals surface area contributed by atoms with Gasteiger partial charge in [0.15, 0.2) is 12.7 Å². The molecule has 0 saturated heterocycles. The smallest absolute Gasteiger partial charge is 1.00 e. The van der Waals surface area contributed by atoms with Gasteiger partial charge in [-0.15, -0.1) is 35.3 Å². The van der Waals surface area contributed by atoms with Crippen LogP contribution in [0, 0.1) is 0 Å². The number of furan rings is 1. The maximum absolute atomic E-state index is 4.58. The van der Waals surface area contributed by atoms with Gasteiger partial charge in [0.05, 0.1) is 37.0 Å². The van der Waals surface area contributed by atoms with E-state index in [1.165, 1.54) is 67.4 Å². The van der Waals surface area contributed by atoms with Crippen molar-refractivity contribution in [3.05, 3.63) is 273 Å². The van der Waals surface area contributed by atoms with Crippen molar-refractivity contribution in [3.8, 4) is 0 Å². The molecule has 0 bridgehead atoms. The molecule has 3 radical (unpaired) electrons. The van der Waals surface area contributed by atoms with Gasteiger partial charge in [0.25, 0.3) is 0 Å². The fraction of sp³-hybridized carbons (Fsp3) is 0.442. The molecule has 113 heavy (non-hydrogen) atoms. The molecule has 1 aliphatic carbocycles. The van der Waals surface area contributed by atoms with Crippen LogP contribution in [-0.2, 0) is 0 Å². The Morgan fingerprint density at radius 2 is 0.841 bits per heavy atom. The van der Waals surface area contributed by atoms with Crippen LogP contribution in [0.5, 0.6) is 0 Å². The van der Waals surface area contributed by atoms with Crippen molar-refractivity contribution in [2.75, 3.05) is 6.54 Å². The molecule has 0 atom stereocenters. The van der Waals surface area contributed by atoms with Crippen LogP contribution >= 0.6 is 69.7 Å². The second kappa shape index (κ2) is 261. The van der Waals surface area contributed by atoms with Crippen molar-refractivity contribution >= 4 is 96.9 Å². The summed E-state index contributed by atoms with van der Waals surface area (Å²) < 4.78 is 25.0. The molecule has 11 aromatic rings. The van der Waals surface area contributed by atoms with Gasteiger partial charge in [-0.2, -0.15) is 15.7 Å². The third kappa shape index (κ3) is 256. The van der Waals surface area contributed by atoms with E-state index in [0.717, 1.165) is 19.4 Å². The van der Waals surface area contributed by atoms with Gasteiger partial charge in [0.1, 0.15) is 37.0 Å². The molecule has 19 nitrogen and oxygen atoms in total. The SMILES string of the molecule is C.C.C.C.C.C.C.C1=CCC=C1.C1=CN=CC1.C1=NC=NC1.CC.CC.CC.CC.CC.CC.CC.CC.CC.CC.CC.CC.CC.CC.F.I.N.[2HH].[B].[H-].[HH].[K+].c1ccccc1.c1ccncc1.c1ccoc1.c1ccsc1.c1cncnc1.c1cnoc1.c1cnsc1.c1cocn1.c1cscn1.c1ncon1.c1ncsn1. The Kier molecular flexibility index (Phi) is 422. The third-order valence-corrected chi connectivity index (χ3v) is 8.26. The average molecular weight is 1810 g/mol. The fourth-order valence-corrected chi connectivity index (χ4v) is 4.74. The Morgan fingerprint density at radius 3 is 0.965 bits per heavy atom. The standard InChI is InChI=1S/C6H6.C5H5N.C5H6.C4H4N2.C4H5N.C4H4O.C4H4S.C3H4N2.2C3H3NO.2C3H3NS.C2H2N2O.C2H2N2S.14C2H6.7CH4.B.FH.HI.K.H3N.2H2.H/c2*1-2-4-6-5-3-1;1-2-4-5-3-1;1-2-5-4-6-3-1;3*1-2-4-5-3-1;2*1-2-5-3-4-1;1-2-4-5-3-1;1-2-5-3-4-1;1-2-4-5-3-1;2*1-3-2-5-4-1;14*1-2;;;;;;;;;;;;;;;/h1-6H;1-5H;1-4H,5H2;1-4H;1,3-4H,2H2;2*1-4H;1,3H,2H2;4*1-3H;2*1-2H;14*1-2H3;7*1H4;;2*1H;;1H3;2*1H;/q;;;;;;;;;;;;;;;;;;;;;;;;;;;;;;;;;;;;;;+1;;;;-1/i;;;;;;;;;;;;;;;;;;;;;;;;;;;;;;;;;;;;;;;;1+1;;. The van der Waals surface area contributed by atoms with Gasteiger partial charge < -0.3 is 25.5 Å². The van der Waals surface area contributed by atoms with Crippen LogP contribution in [0.1, 0.15) is 263 Å². The number of thiophene rings is 1. The summed E-state index contributed by atoms with van der Waals surface area (Å²) in [6.07, 6.45) is 46.4. The van der Waals surface area contributed by atoms with E-state index in [4.69, 9.17) is 0 Å². The van der Waals surface area contributed by atoms with Crippen LogP contribution in [0.4, 0.5) is 4.70 Å². The van der Waals surface area contributed by atoms with Crippen molar-refractivity contribution in [3.63, 3.8) is 0 Å². The Labute approximate surface area is 780 Å². The summed E-state index contributed by atoms with van der Waals surface area (Å²) in [4.78, 5) is 36.7. The van der Waals surface area contributed by atoms with E-state index in [1.807, 2.05) is 313 Å². The van der Waals surface area contributed by atoms with E-state index in [1.54, 1.807) is 127 Å². The zero-order valence-electron chi connectivity index (χ0n) is 71.5. The number of aliphatic imine (C=N–C) groups is 3.